The minimum Gasteiger partial charge on any atom is -0.325 e. The first kappa shape index (κ1) is 22.3. The Hall–Kier alpha value is -2.95. The summed E-state index contributed by atoms with van der Waals surface area (Å²) >= 11 is 0. The number of aryl methyl sites for hydroxylation is 1. The van der Waals surface area contributed by atoms with Crippen molar-refractivity contribution in [1.82, 2.24) is 4.57 Å². The Kier molecular flexibility index (Phi) is 5.93. The lowest BCUT2D eigenvalue weighted by atomic mass is 9.85. The molecule has 5 heteroatoms. The van der Waals surface area contributed by atoms with E-state index in [0.717, 1.165) is 29.4 Å². The minimum absolute atomic E-state index is 0.0805. The number of anilines is 1. The van der Waals surface area contributed by atoms with Gasteiger partial charge in [0.05, 0.1) is 11.2 Å². The monoisotopic (exact) mass is 433 g/mol. The number of carbonyl (C=O) groups excluding carboxylic acids is 1. The van der Waals surface area contributed by atoms with Crippen LogP contribution in [0.4, 0.5) is 10.1 Å². The van der Waals surface area contributed by atoms with Crippen molar-refractivity contribution in [3.63, 3.8) is 0 Å². The van der Waals surface area contributed by atoms with Crippen molar-refractivity contribution < 1.29 is 9.18 Å². The largest absolute Gasteiger partial charge is 0.325 e. The van der Waals surface area contributed by atoms with E-state index in [9.17, 15) is 9.18 Å². The van der Waals surface area contributed by atoms with Crippen molar-refractivity contribution in [2.45, 2.75) is 65.7 Å². The Bertz CT molecular complexity index is 1160. The Balaban J connectivity index is 1.95. The van der Waals surface area contributed by atoms with Crippen LogP contribution in [-0.2, 0) is 4.79 Å². The van der Waals surface area contributed by atoms with E-state index in [-0.39, 0.29) is 11.7 Å². The van der Waals surface area contributed by atoms with Crippen LogP contribution in [-0.4, -0.2) is 16.7 Å². The van der Waals surface area contributed by atoms with Crippen molar-refractivity contribution >= 4 is 28.7 Å². The summed E-state index contributed by atoms with van der Waals surface area (Å²) in [6, 6.07) is 10.6. The molecular weight excluding hydrogens is 401 g/mol. The van der Waals surface area contributed by atoms with Crippen LogP contribution >= 0.6 is 0 Å². The first-order chi connectivity index (χ1) is 15.2. The van der Waals surface area contributed by atoms with Gasteiger partial charge in [0.1, 0.15) is 5.82 Å². The van der Waals surface area contributed by atoms with Gasteiger partial charge in [-0.1, -0.05) is 40.0 Å². The number of hydrogen-bond acceptors (Lipinski definition) is 2. The Morgan fingerprint density at radius 3 is 2.38 bits per heavy atom. The molecule has 2 aromatic carbocycles. The molecule has 3 aromatic rings. The highest BCUT2D eigenvalue weighted by Crippen LogP contribution is 2.41. The number of fused-ring (bicyclic) bond motifs is 1. The van der Waals surface area contributed by atoms with Gasteiger partial charge in [0.2, 0.25) is 5.91 Å². The molecule has 1 heterocycles. The number of rotatable bonds is 4. The normalized spacial score (nSPS) is 15.2. The van der Waals surface area contributed by atoms with Gasteiger partial charge in [-0.3, -0.25) is 4.79 Å². The zero-order valence-corrected chi connectivity index (χ0v) is 19.4. The van der Waals surface area contributed by atoms with Crippen molar-refractivity contribution in [2.24, 2.45) is 5.41 Å². The molecule has 0 spiro atoms. The number of carbonyl (C=O) groups is 1. The summed E-state index contributed by atoms with van der Waals surface area (Å²) in [6.07, 6.45) is 7.27. The van der Waals surface area contributed by atoms with Crippen molar-refractivity contribution in [1.29, 1.82) is 5.41 Å². The summed E-state index contributed by atoms with van der Waals surface area (Å²) in [6.45, 7) is 7.78. The lowest BCUT2D eigenvalue weighted by Crippen LogP contribution is -2.28. The number of nitrogens with one attached hydrogen (secondary N) is 2. The lowest BCUT2D eigenvalue weighted by Gasteiger charge is -2.25. The highest BCUT2D eigenvalue weighted by molar-refractivity contribution is 6.04. The number of nitrogens with zero attached hydrogens (tertiary/aromatic N) is 1. The van der Waals surface area contributed by atoms with E-state index < -0.39 is 5.41 Å². The molecule has 4 nitrogen and oxygen atoms in total. The Morgan fingerprint density at radius 2 is 1.78 bits per heavy atom. The number of aromatic nitrogens is 1. The van der Waals surface area contributed by atoms with Gasteiger partial charge in [-0.25, -0.2) is 4.39 Å². The van der Waals surface area contributed by atoms with Crippen LogP contribution in [0.2, 0.25) is 0 Å². The molecule has 1 amide bonds. The van der Waals surface area contributed by atoms with E-state index >= 15 is 0 Å². The molecular formula is C27H32FN3O. The molecule has 4 rings (SSSR count). The highest BCUT2D eigenvalue weighted by atomic mass is 19.1. The van der Waals surface area contributed by atoms with Gasteiger partial charge in [-0.2, -0.15) is 0 Å². The smallest absolute Gasteiger partial charge is 0.229 e. The topological polar surface area (TPSA) is 57.9 Å². The molecule has 1 aromatic heterocycles. The first-order valence-corrected chi connectivity index (χ1v) is 11.5. The van der Waals surface area contributed by atoms with Crippen molar-refractivity contribution in [3.05, 3.63) is 59.0 Å². The van der Waals surface area contributed by atoms with Gasteiger partial charge in [0, 0.05) is 34.0 Å². The van der Waals surface area contributed by atoms with Crippen LogP contribution in [0.5, 0.6) is 0 Å². The van der Waals surface area contributed by atoms with E-state index in [1.165, 1.54) is 48.9 Å². The summed E-state index contributed by atoms with van der Waals surface area (Å²) in [5.41, 5.74) is 5.15. The average Bonchev–Trinajstić information content (AvgIpc) is 3.05. The van der Waals surface area contributed by atoms with Gasteiger partial charge in [-0.05, 0) is 67.6 Å². The van der Waals surface area contributed by atoms with E-state index in [4.69, 9.17) is 5.41 Å². The first-order valence-electron chi connectivity index (χ1n) is 11.5. The quantitative estimate of drug-likeness (QED) is 0.423. The Morgan fingerprint density at radius 1 is 1.12 bits per heavy atom. The molecule has 0 radical (unpaired) electrons. The fourth-order valence-corrected chi connectivity index (χ4v) is 4.80. The predicted molar refractivity (Wildman–Crippen MR) is 130 cm³/mol. The van der Waals surface area contributed by atoms with Crippen LogP contribution in [0.1, 0.15) is 75.6 Å². The molecule has 0 atom stereocenters. The predicted octanol–water partition coefficient (Wildman–Crippen LogP) is 7.11. The molecule has 168 valence electrons. The van der Waals surface area contributed by atoms with E-state index in [2.05, 4.69) is 16.8 Å². The van der Waals surface area contributed by atoms with Crippen LogP contribution in [0.25, 0.3) is 16.6 Å². The fraction of sp³-hybridized carbons (Fsp3) is 0.407. The second kappa shape index (κ2) is 8.53. The summed E-state index contributed by atoms with van der Waals surface area (Å²) in [5.74, 6) is 0.105. The Labute approximate surface area is 189 Å². The molecule has 1 fully saturated rings. The number of amides is 1. The van der Waals surface area contributed by atoms with Gasteiger partial charge in [-0.15, -0.1) is 0 Å². The molecule has 32 heavy (non-hydrogen) atoms. The highest BCUT2D eigenvalue weighted by Gasteiger charge is 2.27. The van der Waals surface area contributed by atoms with Crippen LogP contribution < -0.4 is 5.32 Å². The second-order valence-corrected chi connectivity index (χ2v) is 9.96. The second-order valence-electron chi connectivity index (χ2n) is 9.96. The van der Waals surface area contributed by atoms with Gasteiger partial charge < -0.3 is 15.3 Å². The van der Waals surface area contributed by atoms with Crippen molar-refractivity contribution in [2.75, 3.05) is 5.32 Å². The summed E-state index contributed by atoms with van der Waals surface area (Å²) < 4.78 is 15.9. The average molecular weight is 434 g/mol. The third kappa shape index (κ3) is 4.08. The molecule has 0 unspecified atom stereocenters. The number of hydrogen-bond donors (Lipinski definition) is 2. The zero-order valence-electron chi connectivity index (χ0n) is 19.4. The summed E-state index contributed by atoms with van der Waals surface area (Å²) in [5, 5.41) is 12.1. The number of halogens is 1. The van der Waals surface area contributed by atoms with E-state index in [1.807, 2.05) is 45.0 Å². The molecule has 0 bridgehead atoms. The summed E-state index contributed by atoms with van der Waals surface area (Å²) in [7, 11) is 0. The molecule has 1 aliphatic carbocycles. The van der Waals surface area contributed by atoms with Gasteiger partial charge in [0.25, 0.3) is 0 Å². The molecule has 0 aliphatic heterocycles. The maximum Gasteiger partial charge on any atom is 0.229 e. The van der Waals surface area contributed by atoms with Crippen molar-refractivity contribution in [3.8, 4) is 5.69 Å². The standard InChI is InChI=1S/C27H32FN3O/c1-17-22-15-23(30-26(32)27(2,3)4)19(16-29)14-24(22)31(21-12-10-20(28)11-13-21)25(17)18-8-6-5-7-9-18/h10-16,18,29H,5-9H2,1-4H3,(H,30,32). The maximum atomic E-state index is 13.7. The molecule has 1 aliphatic rings. The third-order valence-electron chi connectivity index (χ3n) is 6.60. The fourth-order valence-electron chi connectivity index (χ4n) is 4.80. The SMILES string of the molecule is Cc1c(C2CCCCC2)n(-c2ccc(F)cc2)c2cc(C=N)c(NC(=O)C(C)(C)C)cc12. The van der Waals surface area contributed by atoms with Crippen LogP contribution in [0, 0.1) is 23.6 Å². The molecule has 1 saturated carbocycles. The lowest BCUT2D eigenvalue weighted by molar-refractivity contribution is -0.123. The van der Waals surface area contributed by atoms with E-state index in [1.54, 1.807) is 0 Å². The molecule has 0 saturated heterocycles. The van der Waals surface area contributed by atoms with Gasteiger partial charge in [0.15, 0.2) is 0 Å². The van der Waals surface area contributed by atoms with E-state index in [0.29, 0.717) is 17.2 Å². The van der Waals surface area contributed by atoms with Crippen LogP contribution in [0.3, 0.4) is 0 Å². The maximum absolute atomic E-state index is 13.7. The zero-order chi connectivity index (χ0) is 23.0. The summed E-state index contributed by atoms with van der Waals surface area (Å²) in [4.78, 5) is 12.7. The number of benzene rings is 2. The molecule has 2 N–H and O–H groups in total. The third-order valence-corrected chi connectivity index (χ3v) is 6.60. The minimum atomic E-state index is -0.531. The van der Waals surface area contributed by atoms with Gasteiger partial charge >= 0.3 is 0 Å². The van der Waals surface area contributed by atoms with Crippen LogP contribution in [0.15, 0.2) is 36.4 Å².